The smallest absolute Gasteiger partial charge is 0.142 e. The van der Waals surface area contributed by atoms with Crippen LogP contribution in [0.15, 0.2) is 24.3 Å². The number of benzene rings is 1. The number of ether oxygens (including phenoxy) is 1. The fraction of sp³-hybridized carbons (Fsp3) is 0.750. The summed E-state index contributed by atoms with van der Waals surface area (Å²) in [5, 5.41) is 0. The lowest BCUT2D eigenvalue weighted by atomic mass is 9.68. The number of hydrogen-bond acceptors (Lipinski definition) is 4. The molecule has 1 aromatic rings. The number of halogens is 3. The maximum Gasteiger partial charge on any atom is 0.142 e. The molecule has 2 atom stereocenters. The fourth-order valence-electron chi connectivity index (χ4n) is 6.76. The van der Waals surface area contributed by atoms with Crippen LogP contribution >= 0.6 is 37.2 Å². The highest BCUT2D eigenvalue weighted by Crippen LogP contribution is 2.47. The fourth-order valence-corrected chi connectivity index (χ4v) is 6.76. The highest BCUT2D eigenvalue weighted by Gasteiger charge is 2.42. The van der Waals surface area contributed by atoms with Gasteiger partial charge in [0.25, 0.3) is 0 Å². The molecule has 1 aromatic carbocycles. The molecule has 0 amide bonds. The standard InChI is InChI=1S/C24H37N3O.3ClH/c1-28-24-6-3-2-5-23(24)26-11-9-25(10-12-26)7-4-8-27-18-21-14-19-13-20(15-21)17-22(27)16-19;;;/h2-3,5-6,19-22H,4,7-18H2,1H3;3*1H. The van der Waals surface area contributed by atoms with Gasteiger partial charge >= 0.3 is 0 Å². The molecule has 3 heterocycles. The zero-order valence-corrected chi connectivity index (χ0v) is 21.2. The van der Waals surface area contributed by atoms with E-state index < -0.39 is 0 Å². The first-order valence-electron chi connectivity index (χ1n) is 11.6. The molecule has 5 fully saturated rings. The molecule has 0 radical (unpaired) electrons. The second-order valence-corrected chi connectivity index (χ2v) is 9.78. The summed E-state index contributed by atoms with van der Waals surface area (Å²) < 4.78 is 5.55. The Labute approximate surface area is 207 Å². The first kappa shape index (κ1) is 26.9. The summed E-state index contributed by atoms with van der Waals surface area (Å²) in [5.74, 6) is 4.15. The van der Waals surface area contributed by atoms with Gasteiger partial charge in [0.15, 0.2) is 0 Å². The third-order valence-corrected chi connectivity index (χ3v) is 7.94. The van der Waals surface area contributed by atoms with Gasteiger partial charge in [-0.25, -0.2) is 0 Å². The van der Waals surface area contributed by atoms with Gasteiger partial charge in [0, 0.05) is 38.8 Å². The quantitative estimate of drug-likeness (QED) is 0.557. The predicted molar refractivity (Wildman–Crippen MR) is 137 cm³/mol. The molecular weight excluding hydrogens is 453 g/mol. The van der Waals surface area contributed by atoms with E-state index in [2.05, 4.69) is 39.0 Å². The zero-order valence-electron chi connectivity index (χ0n) is 18.8. The Bertz CT molecular complexity index is 657. The number of para-hydroxylation sites is 2. The van der Waals surface area contributed by atoms with Gasteiger partial charge < -0.3 is 14.5 Å². The highest BCUT2D eigenvalue weighted by atomic mass is 35.5. The van der Waals surface area contributed by atoms with E-state index in [0.29, 0.717) is 0 Å². The molecule has 0 spiro atoms. The van der Waals surface area contributed by atoms with Crippen LogP contribution in [0.2, 0.25) is 0 Å². The summed E-state index contributed by atoms with van der Waals surface area (Å²) in [6, 6.07) is 9.35. The maximum absolute atomic E-state index is 5.55. The Hall–Kier alpha value is -0.390. The van der Waals surface area contributed by atoms with Crippen molar-refractivity contribution in [1.82, 2.24) is 9.80 Å². The van der Waals surface area contributed by atoms with Gasteiger partial charge in [-0.15, -0.1) is 37.2 Å². The average molecular weight is 493 g/mol. The largest absolute Gasteiger partial charge is 0.495 e. The Morgan fingerprint density at radius 1 is 0.806 bits per heavy atom. The second kappa shape index (κ2) is 12.2. The van der Waals surface area contributed by atoms with Crippen LogP contribution in [0, 0.1) is 17.8 Å². The van der Waals surface area contributed by atoms with Crippen LogP contribution < -0.4 is 9.64 Å². The van der Waals surface area contributed by atoms with Crippen molar-refractivity contribution >= 4 is 42.9 Å². The molecule has 178 valence electrons. The number of nitrogens with zero attached hydrogens (tertiary/aromatic N) is 3. The summed E-state index contributed by atoms with van der Waals surface area (Å²) in [5.41, 5.74) is 1.25. The second-order valence-electron chi connectivity index (χ2n) is 9.78. The van der Waals surface area contributed by atoms with E-state index >= 15 is 0 Å². The van der Waals surface area contributed by atoms with Gasteiger partial charge in [-0.1, -0.05) is 12.1 Å². The van der Waals surface area contributed by atoms with Gasteiger partial charge in [-0.3, -0.25) is 4.90 Å². The molecule has 7 heteroatoms. The number of fused-ring (bicyclic) bond motifs is 1. The topological polar surface area (TPSA) is 19.0 Å². The lowest BCUT2D eigenvalue weighted by Gasteiger charge is -2.39. The van der Waals surface area contributed by atoms with Gasteiger partial charge in [0.2, 0.25) is 0 Å². The van der Waals surface area contributed by atoms with Crippen LogP contribution in [0.3, 0.4) is 0 Å². The number of hydrogen-bond donors (Lipinski definition) is 0. The van der Waals surface area contributed by atoms with Crippen LogP contribution in [0.5, 0.6) is 5.75 Å². The van der Waals surface area contributed by atoms with Crippen LogP contribution in [-0.4, -0.2) is 68.8 Å². The van der Waals surface area contributed by atoms with E-state index in [4.69, 9.17) is 4.74 Å². The van der Waals surface area contributed by atoms with Crippen LogP contribution in [0.4, 0.5) is 5.69 Å². The Kier molecular flexibility index (Phi) is 10.6. The molecule has 2 unspecified atom stereocenters. The molecule has 4 nitrogen and oxygen atoms in total. The van der Waals surface area contributed by atoms with Crippen LogP contribution in [0.25, 0.3) is 0 Å². The minimum Gasteiger partial charge on any atom is -0.495 e. The van der Waals surface area contributed by atoms with Crippen molar-refractivity contribution in [2.45, 2.75) is 44.6 Å². The molecule has 5 aliphatic rings. The van der Waals surface area contributed by atoms with E-state index in [0.717, 1.165) is 42.6 Å². The summed E-state index contributed by atoms with van der Waals surface area (Å²) in [4.78, 5) is 8.06. The van der Waals surface area contributed by atoms with E-state index in [1.54, 1.807) is 13.5 Å². The van der Waals surface area contributed by atoms with Crippen molar-refractivity contribution in [1.29, 1.82) is 0 Å². The van der Waals surface area contributed by atoms with Crippen molar-refractivity contribution in [3.63, 3.8) is 0 Å². The molecular formula is C24H40Cl3N3O. The van der Waals surface area contributed by atoms with E-state index in [9.17, 15) is 0 Å². The molecule has 2 saturated carbocycles. The van der Waals surface area contributed by atoms with Gasteiger partial charge in [-0.2, -0.15) is 0 Å². The first-order chi connectivity index (χ1) is 13.8. The SMILES string of the molecule is COc1ccccc1N1CCN(CCCN2CC3CC4CC(C3)CC2C4)CC1.Cl.Cl.Cl. The minimum atomic E-state index is 0. The summed E-state index contributed by atoms with van der Waals surface area (Å²) in [7, 11) is 1.77. The molecule has 3 saturated heterocycles. The molecule has 4 bridgehead atoms. The molecule has 3 aliphatic heterocycles. The van der Waals surface area contributed by atoms with E-state index in [-0.39, 0.29) is 37.2 Å². The third kappa shape index (κ3) is 6.14. The van der Waals surface area contributed by atoms with Crippen molar-refractivity contribution < 1.29 is 4.74 Å². The Morgan fingerprint density at radius 3 is 2.13 bits per heavy atom. The predicted octanol–water partition coefficient (Wildman–Crippen LogP) is 4.98. The van der Waals surface area contributed by atoms with Crippen LogP contribution in [0.1, 0.15) is 38.5 Å². The Balaban J connectivity index is 0.00000114. The summed E-state index contributed by atoms with van der Waals surface area (Å²) in [6.07, 6.45) is 8.97. The van der Waals surface area contributed by atoms with E-state index in [1.807, 2.05) is 0 Å². The average Bonchev–Trinajstić information content (AvgIpc) is 2.91. The van der Waals surface area contributed by atoms with Gasteiger partial charge in [0.1, 0.15) is 5.75 Å². The van der Waals surface area contributed by atoms with Crippen molar-refractivity contribution in [3.8, 4) is 5.75 Å². The summed E-state index contributed by atoms with van der Waals surface area (Å²) in [6.45, 7) is 8.56. The number of anilines is 1. The maximum atomic E-state index is 5.55. The van der Waals surface area contributed by atoms with Crippen molar-refractivity contribution in [2.24, 2.45) is 17.8 Å². The van der Waals surface area contributed by atoms with Crippen LogP contribution in [-0.2, 0) is 0 Å². The normalized spacial score (nSPS) is 30.0. The molecule has 0 aromatic heterocycles. The lowest BCUT2D eigenvalue weighted by Crippen LogP contribution is -2.47. The minimum absolute atomic E-state index is 0. The first-order valence-corrected chi connectivity index (χ1v) is 11.6. The number of rotatable bonds is 6. The molecule has 31 heavy (non-hydrogen) atoms. The molecule has 6 rings (SSSR count). The number of piperazine rings is 1. The monoisotopic (exact) mass is 491 g/mol. The van der Waals surface area contributed by atoms with Crippen molar-refractivity contribution in [3.05, 3.63) is 24.3 Å². The third-order valence-electron chi connectivity index (χ3n) is 7.94. The number of methoxy groups -OCH3 is 1. The molecule has 2 aliphatic carbocycles. The van der Waals surface area contributed by atoms with Gasteiger partial charge in [0.05, 0.1) is 12.8 Å². The van der Waals surface area contributed by atoms with E-state index in [1.165, 1.54) is 70.5 Å². The highest BCUT2D eigenvalue weighted by molar-refractivity contribution is 5.86. The van der Waals surface area contributed by atoms with Gasteiger partial charge in [-0.05, 0) is 81.5 Å². The molecule has 0 N–H and O–H groups in total. The Morgan fingerprint density at radius 2 is 1.45 bits per heavy atom. The van der Waals surface area contributed by atoms with Crippen molar-refractivity contribution in [2.75, 3.05) is 57.8 Å². The zero-order chi connectivity index (χ0) is 18.9. The summed E-state index contributed by atoms with van der Waals surface area (Å²) >= 11 is 0. The lowest BCUT2D eigenvalue weighted by molar-refractivity contribution is 0.121.